The fourth-order valence-corrected chi connectivity index (χ4v) is 3.75. The van der Waals surface area contributed by atoms with Crippen molar-refractivity contribution in [3.05, 3.63) is 76.5 Å². The van der Waals surface area contributed by atoms with Gasteiger partial charge in [-0.1, -0.05) is 48.9 Å². The van der Waals surface area contributed by atoms with Gasteiger partial charge in [0.25, 0.3) is 0 Å². The lowest BCUT2D eigenvalue weighted by molar-refractivity contribution is -0.116. The first kappa shape index (κ1) is 18.2. The number of rotatable bonds is 4. The zero-order valence-electron chi connectivity index (χ0n) is 16.3. The number of aromatic nitrogens is 2. The molecule has 1 aromatic heterocycles. The lowest BCUT2D eigenvalue weighted by Crippen LogP contribution is -2.28. The van der Waals surface area contributed by atoms with Crippen molar-refractivity contribution in [3.8, 4) is 5.69 Å². The molecule has 0 radical (unpaired) electrons. The summed E-state index contributed by atoms with van der Waals surface area (Å²) in [6.07, 6.45) is 1.10. The molecule has 0 saturated heterocycles. The Kier molecular flexibility index (Phi) is 4.59. The zero-order chi connectivity index (χ0) is 19.8. The number of fused-ring (bicyclic) bond motifs is 1. The number of nitrogens with one attached hydrogen (secondary N) is 1. The Morgan fingerprint density at radius 2 is 1.79 bits per heavy atom. The summed E-state index contributed by atoms with van der Waals surface area (Å²) in [5.41, 5.74) is 5.39. The Labute approximate surface area is 164 Å². The van der Waals surface area contributed by atoms with Gasteiger partial charge in [0.2, 0.25) is 5.91 Å². The van der Waals surface area contributed by atoms with Gasteiger partial charge in [0.15, 0.2) is 5.78 Å². The van der Waals surface area contributed by atoms with Gasteiger partial charge < -0.3 is 5.32 Å². The highest BCUT2D eigenvalue weighted by atomic mass is 16.2. The third-order valence-corrected chi connectivity index (χ3v) is 5.34. The molecule has 1 aliphatic rings. The van der Waals surface area contributed by atoms with Crippen molar-refractivity contribution in [1.29, 1.82) is 0 Å². The van der Waals surface area contributed by atoms with Gasteiger partial charge in [0.1, 0.15) is 5.82 Å². The van der Waals surface area contributed by atoms with Crippen LogP contribution in [0.4, 0.5) is 5.82 Å². The molecule has 0 fully saturated rings. The van der Waals surface area contributed by atoms with Crippen molar-refractivity contribution in [2.24, 2.45) is 0 Å². The van der Waals surface area contributed by atoms with Gasteiger partial charge in [-0.05, 0) is 38.0 Å². The van der Waals surface area contributed by atoms with Gasteiger partial charge in [-0.25, -0.2) is 4.68 Å². The molecule has 5 heteroatoms. The van der Waals surface area contributed by atoms with Gasteiger partial charge >= 0.3 is 0 Å². The number of ketones is 1. The Morgan fingerprint density at radius 1 is 1.11 bits per heavy atom. The maximum Gasteiger partial charge on any atom is 0.226 e. The third kappa shape index (κ3) is 3.13. The second kappa shape index (κ2) is 7.08. The SMILES string of the molecule is CCc1ccc(-n2nc(C)c3c2NC(=O)CC3C(=O)c2ccc(C)cc2)cc1. The molecule has 0 bridgehead atoms. The highest BCUT2D eigenvalue weighted by Gasteiger charge is 2.36. The first-order chi connectivity index (χ1) is 13.5. The molecule has 1 N–H and O–H groups in total. The van der Waals surface area contributed by atoms with Gasteiger partial charge in [-0.15, -0.1) is 0 Å². The molecule has 3 aromatic rings. The number of hydrogen-bond acceptors (Lipinski definition) is 3. The Hall–Kier alpha value is -3.21. The van der Waals surface area contributed by atoms with E-state index in [0.717, 1.165) is 28.9 Å². The van der Waals surface area contributed by atoms with E-state index in [0.29, 0.717) is 11.4 Å². The lowest BCUT2D eigenvalue weighted by Gasteiger charge is -2.23. The van der Waals surface area contributed by atoms with E-state index in [4.69, 9.17) is 0 Å². The van der Waals surface area contributed by atoms with Crippen LogP contribution < -0.4 is 5.32 Å². The van der Waals surface area contributed by atoms with Crippen LogP contribution in [0.1, 0.15) is 52.0 Å². The molecule has 142 valence electrons. The molecule has 0 saturated carbocycles. The van der Waals surface area contributed by atoms with Crippen LogP contribution in [0, 0.1) is 13.8 Å². The molecule has 4 rings (SSSR count). The highest BCUT2D eigenvalue weighted by molar-refractivity contribution is 6.08. The van der Waals surface area contributed by atoms with E-state index >= 15 is 0 Å². The molecule has 1 aliphatic heterocycles. The van der Waals surface area contributed by atoms with Gasteiger partial charge in [0.05, 0.1) is 17.3 Å². The summed E-state index contributed by atoms with van der Waals surface area (Å²) in [6.45, 7) is 5.98. The predicted octanol–water partition coefficient (Wildman–Crippen LogP) is 4.36. The lowest BCUT2D eigenvalue weighted by atomic mass is 9.85. The molecule has 1 atom stereocenters. The second-order valence-corrected chi connectivity index (χ2v) is 7.31. The fraction of sp³-hybridized carbons (Fsp3) is 0.261. The number of carbonyl (C=O) groups excluding carboxylic acids is 2. The Bertz CT molecular complexity index is 1050. The zero-order valence-corrected chi connectivity index (χ0v) is 16.3. The van der Waals surface area contributed by atoms with Crippen LogP contribution >= 0.6 is 0 Å². The minimum Gasteiger partial charge on any atom is -0.310 e. The number of benzene rings is 2. The monoisotopic (exact) mass is 373 g/mol. The van der Waals surface area contributed by atoms with Crippen LogP contribution in [0.2, 0.25) is 0 Å². The first-order valence-corrected chi connectivity index (χ1v) is 9.57. The van der Waals surface area contributed by atoms with E-state index in [9.17, 15) is 9.59 Å². The van der Waals surface area contributed by atoms with E-state index in [1.807, 2.05) is 50.2 Å². The smallest absolute Gasteiger partial charge is 0.226 e. The molecule has 5 nitrogen and oxygen atoms in total. The summed E-state index contributed by atoms with van der Waals surface area (Å²) >= 11 is 0. The van der Waals surface area contributed by atoms with Crippen LogP contribution in [0.15, 0.2) is 48.5 Å². The summed E-state index contributed by atoms with van der Waals surface area (Å²) in [6, 6.07) is 15.6. The summed E-state index contributed by atoms with van der Waals surface area (Å²) < 4.78 is 1.73. The molecule has 0 spiro atoms. The van der Waals surface area contributed by atoms with Gasteiger partial charge in [-0.2, -0.15) is 5.10 Å². The van der Waals surface area contributed by atoms with E-state index in [1.54, 1.807) is 4.68 Å². The molecule has 1 unspecified atom stereocenters. The normalized spacial score (nSPS) is 15.8. The summed E-state index contributed by atoms with van der Waals surface area (Å²) in [5.74, 6) is -0.122. The van der Waals surface area contributed by atoms with Crippen LogP contribution in [-0.2, 0) is 11.2 Å². The topological polar surface area (TPSA) is 64.0 Å². The number of carbonyl (C=O) groups is 2. The average Bonchev–Trinajstić information content (AvgIpc) is 3.03. The minimum absolute atomic E-state index is 0.0416. The van der Waals surface area contributed by atoms with E-state index in [1.165, 1.54) is 5.56 Å². The molecule has 0 aliphatic carbocycles. The molecule has 1 amide bonds. The van der Waals surface area contributed by atoms with E-state index in [-0.39, 0.29) is 18.1 Å². The standard InChI is InChI=1S/C23H23N3O2/c1-4-16-7-11-18(12-8-16)26-23-21(15(3)25-26)19(13-20(27)24-23)22(28)17-9-5-14(2)6-10-17/h5-12,19H,4,13H2,1-3H3,(H,24,27). The Balaban J connectivity index is 1.78. The highest BCUT2D eigenvalue weighted by Crippen LogP contribution is 2.38. The summed E-state index contributed by atoms with van der Waals surface area (Å²) in [5, 5.41) is 7.57. The molecule has 2 aromatic carbocycles. The van der Waals surface area contributed by atoms with Crippen molar-refractivity contribution < 1.29 is 9.59 Å². The third-order valence-electron chi connectivity index (χ3n) is 5.34. The maximum atomic E-state index is 13.2. The van der Waals surface area contributed by atoms with Crippen LogP contribution in [-0.4, -0.2) is 21.5 Å². The average molecular weight is 373 g/mol. The number of Topliss-reactive ketones (excluding diaryl/α,β-unsaturated/α-hetero) is 1. The Morgan fingerprint density at radius 3 is 2.43 bits per heavy atom. The van der Waals surface area contributed by atoms with Crippen LogP contribution in [0.25, 0.3) is 5.69 Å². The van der Waals surface area contributed by atoms with Gasteiger partial charge in [0, 0.05) is 17.5 Å². The predicted molar refractivity (Wildman–Crippen MR) is 109 cm³/mol. The first-order valence-electron chi connectivity index (χ1n) is 9.57. The fourth-order valence-electron chi connectivity index (χ4n) is 3.75. The van der Waals surface area contributed by atoms with Crippen molar-refractivity contribution in [1.82, 2.24) is 9.78 Å². The van der Waals surface area contributed by atoms with Crippen LogP contribution in [0.5, 0.6) is 0 Å². The van der Waals surface area contributed by atoms with Crippen molar-refractivity contribution in [2.75, 3.05) is 5.32 Å². The van der Waals surface area contributed by atoms with Crippen molar-refractivity contribution in [3.63, 3.8) is 0 Å². The van der Waals surface area contributed by atoms with Gasteiger partial charge in [-0.3, -0.25) is 9.59 Å². The van der Waals surface area contributed by atoms with Crippen molar-refractivity contribution in [2.45, 2.75) is 39.5 Å². The number of anilines is 1. The van der Waals surface area contributed by atoms with Crippen molar-refractivity contribution >= 4 is 17.5 Å². The van der Waals surface area contributed by atoms with E-state index < -0.39 is 5.92 Å². The largest absolute Gasteiger partial charge is 0.310 e. The number of amides is 1. The number of hydrogen-bond donors (Lipinski definition) is 1. The molecule has 2 heterocycles. The van der Waals surface area contributed by atoms with Crippen LogP contribution in [0.3, 0.4) is 0 Å². The maximum absolute atomic E-state index is 13.2. The molecule has 28 heavy (non-hydrogen) atoms. The summed E-state index contributed by atoms with van der Waals surface area (Å²) in [4.78, 5) is 25.6. The minimum atomic E-state index is -0.518. The molecular formula is C23H23N3O2. The quantitative estimate of drug-likeness (QED) is 0.691. The number of aryl methyl sites for hydroxylation is 3. The second-order valence-electron chi connectivity index (χ2n) is 7.31. The molecular weight excluding hydrogens is 350 g/mol. The van der Waals surface area contributed by atoms with E-state index in [2.05, 4.69) is 29.5 Å². The summed E-state index contributed by atoms with van der Waals surface area (Å²) in [7, 11) is 0. The number of nitrogens with zero attached hydrogens (tertiary/aromatic N) is 2.